The summed E-state index contributed by atoms with van der Waals surface area (Å²) in [7, 11) is -3.70. The summed E-state index contributed by atoms with van der Waals surface area (Å²) in [5.74, 6) is 0.968. The average molecular weight is 453 g/mol. The highest BCUT2D eigenvalue weighted by molar-refractivity contribution is 7.89. The van der Waals surface area contributed by atoms with Gasteiger partial charge in [-0.3, -0.25) is 4.90 Å². The summed E-state index contributed by atoms with van der Waals surface area (Å²) in [4.78, 5) is 2.11. The molecule has 0 atom stereocenters. The minimum Gasteiger partial charge on any atom is -0.419 e. The van der Waals surface area contributed by atoms with Gasteiger partial charge in [0, 0.05) is 36.8 Å². The van der Waals surface area contributed by atoms with Gasteiger partial charge in [-0.25, -0.2) is 8.42 Å². The highest BCUT2D eigenvalue weighted by Crippen LogP contribution is 2.28. The Labute approximate surface area is 178 Å². The molecule has 0 radical (unpaired) electrons. The van der Waals surface area contributed by atoms with E-state index in [-0.39, 0.29) is 9.92 Å². The van der Waals surface area contributed by atoms with Crippen molar-refractivity contribution in [1.82, 2.24) is 19.4 Å². The zero-order valence-electron chi connectivity index (χ0n) is 15.3. The molecule has 4 rings (SSSR count). The second kappa shape index (κ2) is 8.41. The van der Waals surface area contributed by atoms with Gasteiger partial charge in [0.15, 0.2) is 0 Å². The fourth-order valence-electron chi connectivity index (χ4n) is 3.15. The summed E-state index contributed by atoms with van der Waals surface area (Å²) in [5, 5.41) is 8.68. The van der Waals surface area contributed by atoms with E-state index in [9.17, 15) is 8.42 Å². The third-order valence-electron chi connectivity index (χ3n) is 4.69. The second-order valence-corrected chi connectivity index (χ2v) is 9.37. The summed E-state index contributed by atoms with van der Waals surface area (Å²) < 4.78 is 33.0. The number of hydrogen-bond acceptors (Lipinski definition) is 6. The number of sulfonamides is 1. The molecule has 10 heteroatoms. The molecule has 29 heavy (non-hydrogen) atoms. The van der Waals surface area contributed by atoms with E-state index in [2.05, 4.69) is 15.1 Å². The van der Waals surface area contributed by atoms with Gasteiger partial charge in [0.05, 0.1) is 11.6 Å². The molecule has 2 aromatic carbocycles. The summed E-state index contributed by atoms with van der Waals surface area (Å²) in [6.07, 6.45) is 0. The molecule has 0 N–H and O–H groups in total. The predicted molar refractivity (Wildman–Crippen MR) is 110 cm³/mol. The third-order valence-corrected chi connectivity index (χ3v) is 7.30. The molecule has 1 aromatic heterocycles. The molecule has 2 heterocycles. The predicted octanol–water partition coefficient (Wildman–Crippen LogP) is 3.55. The number of aromatic nitrogens is 2. The van der Waals surface area contributed by atoms with Crippen molar-refractivity contribution < 1.29 is 12.8 Å². The SMILES string of the molecule is O=S(=O)(c1cc(Cl)ccc1Cl)N1CCN(Cc2nnc(-c3ccccc3)o2)CC1. The van der Waals surface area contributed by atoms with E-state index >= 15 is 0 Å². The van der Waals surface area contributed by atoms with E-state index < -0.39 is 10.0 Å². The van der Waals surface area contributed by atoms with Crippen molar-refractivity contribution in [3.05, 3.63) is 64.5 Å². The smallest absolute Gasteiger partial charge is 0.247 e. The Hall–Kier alpha value is -1.97. The molecule has 0 saturated carbocycles. The lowest BCUT2D eigenvalue weighted by Gasteiger charge is -2.33. The van der Waals surface area contributed by atoms with E-state index in [1.807, 2.05) is 30.3 Å². The first-order chi connectivity index (χ1) is 13.9. The van der Waals surface area contributed by atoms with Gasteiger partial charge in [-0.15, -0.1) is 10.2 Å². The molecule has 0 spiro atoms. The monoisotopic (exact) mass is 452 g/mol. The van der Waals surface area contributed by atoms with Gasteiger partial charge < -0.3 is 4.42 Å². The summed E-state index contributed by atoms with van der Waals surface area (Å²) in [6, 6.07) is 14.0. The molecule has 0 amide bonds. The van der Waals surface area contributed by atoms with Crippen molar-refractivity contribution in [1.29, 1.82) is 0 Å². The first-order valence-corrected chi connectivity index (χ1v) is 11.2. The van der Waals surface area contributed by atoms with Crippen LogP contribution in [0.5, 0.6) is 0 Å². The lowest BCUT2D eigenvalue weighted by atomic mass is 10.2. The van der Waals surface area contributed by atoms with Gasteiger partial charge in [-0.1, -0.05) is 41.4 Å². The maximum absolute atomic E-state index is 12.9. The van der Waals surface area contributed by atoms with Crippen molar-refractivity contribution in [2.75, 3.05) is 26.2 Å². The van der Waals surface area contributed by atoms with Crippen LogP contribution >= 0.6 is 23.2 Å². The molecule has 1 aliphatic rings. The van der Waals surface area contributed by atoms with Crippen LogP contribution in [0.15, 0.2) is 57.8 Å². The molecule has 7 nitrogen and oxygen atoms in total. The van der Waals surface area contributed by atoms with Gasteiger partial charge in [0.25, 0.3) is 0 Å². The summed E-state index contributed by atoms with van der Waals surface area (Å²) in [5.41, 5.74) is 0.862. The van der Waals surface area contributed by atoms with Crippen LogP contribution in [0, 0.1) is 0 Å². The highest BCUT2D eigenvalue weighted by Gasteiger charge is 2.30. The molecule has 0 unspecified atom stereocenters. The van der Waals surface area contributed by atoms with Crippen LogP contribution in [0.4, 0.5) is 0 Å². The minimum atomic E-state index is -3.70. The van der Waals surface area contributed by atoms with E-state index in [0.29, 0.717) is 49.5 Å². The first kappa shape index (κ1) is 20.3. The highest BCUT2D eigenvalue weighted by atomic mass is 35.5. The molecule has 1 fully saturated rings. The second-order valence-electron chi connectivity index (χ2n) is 6.62. The summed E-state index contributed by atoms with van der Waals surface area (Å²) >= 11 is 12.0. The lowest BCUT2D eigenvalue weighted by molar-refractivity contribution is 0.168. The topological polar surface area (TPSA) is 79.5 Å². The number of benzene rings is 2. The number of halogens is 2. The van der Waals surface area contributed by atoms with Crippen molar-refractivity contribution in [2.45, 2.75) is 11.4 Å². The Kier molecular flexibility index (Phi) is 5.89. The summed E-state index contributed by atoms with van der Waals surface area (Å²) in [6.45, 7) is 2.22. The van der Waals surface area contributed by atoms with E-state index in [4.69, 9.17) is 27.6 Å². The van der Waals surface area contributed by atoms with Crippen molar-refractivity contribution in [3.8, 4) is 11.5 Å². The van der Waals surface area contributed by atoms with Gasteiger partial charge in [0.2, 0.25) is 21.8 Å². The van der Waals surface area contributed by atoms with Gasteiger partial charge in [0.1, 0.15) is 4.90 Å². The van der Waals surface area contributed by atoms with Crippen molar-refractivity contribution >= 4 is 33.2 Å². The Morgan fingerprint density at radius 1 is 0.966 bits per heavy atom. The molecular weight excluding hydrogens is 435 g/mol. The fourth-order valence-corrected chi connectivity index (χ4v) is 5.31. The number of rotatable bonds is 5. The molecule has 0 bridgehead atoms. The van der Waals surface area contributed by atoms with Crippen LogP contribution in [-0.4, -0.2) is 54.0 Å². The maximum atomic E-state index is 12.9. The van der Waals surface area contributed by atoms with Crippen LogP contribution in [0.2, 0.25) is 10.0 Å². The maximum Gasteiger partial charge on any atom is 0.247 e. The van der Waals surface area contributed by atoms with E-state index in [1.165, 1.54) is 16.4 Å². The van der Waals surface area contributed by atoms with Gasteiger partial charge >= 0.3 is 0 Å². The molecule has 1 aliphatic heterocycles. The van der Waals surface area contributed by atoms with Crippen LogP contribution in [0.1, 0.15) is 5.89 Å². The molecular formula is C19H18Cl2N4O3S. The molecule has 3 aromatic rings. The van der Waals surface area contributed by atoms with E-state index in [1.54, 1.807) is 6.07 Å². The van der Waals surface area contributed by atoms with Crippen LogP contribution in [0.25, 0.3) is 11.5 Å². The van der Waals surface area contributed by atoms with E-state index in [0.717, 1.165) is 5.56 Å². The number of hydrogen-bond donors (Lipinski definition) is 0. The number of nitrogens with zero attached hydrogens (tertiary/aromatic N) is 4. The zero-order valence-corrected chi connectivity index (χ0v) is 17.7. The Bertz CT molecular complexity index is 1100. The average Bonchev–Trinajstić information content (AvgIpc) is 3.19. The zero-order chi connectivity index (χ0) is 20.4. The minimum absolute atomic E-state index is 0.0320. The molecule has 0 aliphatic carbocycles. The molecule has 152 valence electrons. The largest absolute Gasteiger partial charge is 0.419 e. The number of piperazine rings is 1. The van der Waals surface area contributed by atoms with Gasteiger partial charge in [-0.05, 0) is 30.3 Å². The van der Waals surface area contributed by atoms with Crippen molar-refractivity contribution in [2.24, 2.45) is 0 Å². The Balaban J connectivity index is 1.40. The van der Waals surface area contributed by atoms with Crippen LogP contribution < -0.4 is 0 Å². The van der Waals surface area contributed by atoms with Crippen LogP contribution in [0.3, 0.4) is 0 Å². The lowest BCUT2D eigenvalue weighted by Crippen LogP contribution is -2.48. The standard InChI is InChI=1S/C19H18Cl2N4O3S/c20-15-6-7-16(21)17(12-15)29(26,27)25-10-8-24(9-11-25)13-18-22-23-19(28-18)14-4-2-1-3-5-14/h1-7,12H,8-11,13H2. The fraction of sp³-hybridized carbons (Fsp3) is 0.263. The van der Waals surface area contributed by atoms with Crippen LogP contribution in [-0.2, 0) is 16.6 Å². The Morgan fingerprint density at radius 3 is 2.41 bits per heavy atom. The van der Waals surface area contributed by atoms with Gasteiger partial charge in [-0.2, -0.15) is 4.31 Å². The Morgan fingerprint density at radius 2 is 1.69 bits per heavy atom. The third kappa shape index (κ3) is 4.46. The first-order valence-electron chi connectivity index (χ1n) is 8.99. The quantitative estimate of drug-likeness (QED) is 0.588. The molecule has 1 saturated heterocycles. The van der Waals surface area contributed by atoms with Crippen molar-refractivity contribution in [3.63, 3.8) is 0 Å². The normalized spacial score (nSPS) is 16.2.